The summed E-state index contributed by atoms with van der Waals surface area (Å²) in [6.45, 7) is 1.69. The van der Waals surface area contributed by atoms with E-state index >= 15 is 0 Å². The second-order valence-electron chi connectivity index (χ2n) is 3.84. The first-order valence-electron chi connectivity index (χ1n) is 6.10. The van der Waals surface area contributed by atoms with Crippen LogP contribution in [0.25, 0.3) is 0 Å². The van der Waals surface area contributed by atoms with E-state index in [9.17, 15) is 13.2 Å². The van der Waals surface area contributed by atoms with Crippen molar-refractivity contribution in [2.24, 2.45) is 0 Å². The summed E-state index contributed by atoms with van der Waals surface area (Å²) in [5, 5.41) is 3.10. The number of ether oxygens (including phenoxy) is 2. The largest absolute Gasteiger partial charge is 0.573 e. The second-order valence-corrected chi connectivity index (χ2v) is 3.84. The monoisotopic (exact) mass is 262 g/mol. The average molecular weight is 262 g/mol. The zero-order valence-corrected chi connectivity index (χ0v) is 9.59. The molecule has 18 heavy (non-hydrogen) atoms. The Morgan fingerprint density at radius 2 is 2.00 bits per heavy atom. The molecule has 1 fully saturated rings. The van der Waals surface area contributed by atoms with Crippen molar-refractivity contribution in [1.82, 2.24) is 5.32 Å². The van der Waals surface area contributed by atoms with Crippen LogP contribution in [0.1, 0.15) is 19.4 Å². The average Bonchev–Trinajstić information content (AvgIpc) is 2.54. The third-order valence-corrected chi connectivity index (χ3v) is 2.49. The maximum atomic E-state index is 12.0. The molecule has 0 aromatic heterocycles. The summed E-state index contributed by atoms with van der Waals surface area (Å²) in [6.07, 6.45) is -5.49. The Morgan fingerprint density at radius 1 is 1.28 bits per heavy atom. The summed E-state index contributed by atoms with van der Waals surface area (Å²) in [5.41, 5.74) is 0.519. The highest BCUT2D eigenvalue weighted by molar-refractivity contribution is 5.28. The van der Waals surface area contributed by atoms with Crippen LogP contribution in [0.5, 0.6) is 5.75 Å². The first-order chi connectivity index (χ1) is 8.89. The minimum Gasteiger partial charge on any atom is -0.406 e. The number of hydrogen-bond acceptors (Lipinski definition) is 3. The number of hydrogen-bond donors (Lipinski definition) is 1. The maximum absolute atomic E-state index is 12.0. The van der Waals surface area contributed by atoms with Gasteiger partial charge in [0, 0.05) is 6.54 Å². The van der Waals surface area contributed by atoms with E-state index in [-0.39, 0.29) is 5.75 Å². The summed E-state index contributed by atoms with van der Waals surface area (Å²) < 4.78 is 53.6. The minimum atomic E-state index is -4.71. The van der Waals surface area contributed by atoms with Crippen molar-refractivity contribution in [2.45, 2.75) is 18.9 Å². The summed E-state index contributed by atoms with van der Waals surface area (Å²) in [5.74, 6) is -0.299. The van der Waals surface area contributed by atoms with Crippen molar-refractivity contribution in [3.05, 3.63) is 29.8 Å². The molecule has 1 aromatic carbocycles. The van der Waals surface area contributed by atoms with Gasteiger partial charge in [0.2, 0.25) is 0 Å². The molecular weight excluding hydrogens is 247 g/mol. The van der Waals surface area contributed by atoms with Crippen LogP contribution in [0.2, 0.25) is 0 Å². The molecule has 0 amide bonds. The van der Waals surface area contributed by atoms with E-state index in [1.54, 1.807) is 0 Å². The highest BCUT2D eigenvalue weighted by atomic mass is 19.4. The summed E-state index contributed by atoms with van der Waals surface area (Å²) >= 11 is 0. The first-order valence-corrected chi connectivity index (χ1v) is 5.60. The van der Waals surface area contributed by atoms with Gasteiger partial charge in [-0.2, -0.15) is 0 Å². The standard InChI is InChI=1S/C12H14F3NO2/c13-12(14,15)18-10-3-1-9(2-4-10)11-5-6-16-7-8-17-11/h1-4,11,16H,5-8H2/t11-/m0/s1/i11D. The molecule has 3 nitrogen and oxygen atoms in total. The van der Waals surface area contributed by atoms with Gasteiger partial charge < -0.3 is 14.8 Å². The molecule has 0 saturated carbocycles. The van der Waals surface area contributed by atoms with Crippen LogP contribution >= 0.6 is 0 Å². The molecular formula is C12H14F3NO2. The number of alkyl halides is 3. The molecule has 6 heteroatoms. The van der Waals surface area contributed by atoms with E-state index in [0.29, 0.717) is 31.7 Å². The molecule has 1 aliphatic heterocycles. The number of halogens is 3. The molecule has 1 aromatic rings. The van der Waals surface area contributed by atoms with E-state index < -0.39 is 12.4 Å². The lowest BCUT2D eigenvalue weighted by atomic mass is 10.1. The van der Waals surface area contributed by atoms with E-state index in [2.05, 4.69) is 10.1 Å². The van der Waals surface area contributed by atoms with Gasteiger partial charge in [-0.05, 0) is 30.7 Å². The van der Waals surface area contributed by atoms with Crippen LogP contribution in [-0.4, -0.2) is 26.1 Å². The van der Waals surface area contributed by atoms with Gasteiger partial charge in [0.05, 0.1) is 14.1 Å². The van der Waals surface area contributed by atoms with E-state index in [1.807, 2.05) is 0 Å². The number of benzene rings is 1. The topological polar surface area (TPSA) is 30.5 Å². The Balaban J connectivity index is 2.12. The first kappa shape index (κ1) is 11.8. The zero-order chi connectivity index (χ0) is 13.9. The summed E-state index contributed by atoms with van der Waals surface area (Å²) in [4.78, 5) is 0. The molecule has 1 aliphatic rings. The van der Waals surface area contributed by atoms with Crippen LogP contribution in [0.3, 0.4) is 0 Å². The van der Waals surface area contributed by atoms with Gasteiger partial charge in [-0.25, -0.2) is 0 Å². The zero-order valence-electron chi connectivity index (χ0n) is 10.6. The van der Waals surface area contributed by atoms with Crippen LogP contribution in [-0.2, 0) is 4.74 Å². The Hall–Kier alpha value is -1.27. The van der Waals surface area contributed by atoms with Crippen LogP contribution in [0.4, 0.5) is 13.2 Å². The van der Waals surface area contributed by atoms with E-state index in [1.165, 1.54) is 24.3 Å². The van der Waals surface area contributed by atoms with Gasteiger partial charge in [0.25, 0.3) is 0 Å². The Kier molecular flexibility index (Phi) is 3.66. The maximum Gasteiger partial charge on any atom is 0.573 e. The van der Waals surface area contributed by atoms with Crippen LogP contribution in [0, 0.1) is 0 Å². The third-order valence-electron chi connectivity index (χ3n) is 2.49. The van der Waals surface area contributed by atoms with Crippen molar-refractivity contribution >= 4 is 0 Å². The molecule has 0 unspecified atom stereocenters. The molecule has 1 atom stereocenters. The number of rotatable bonds is 2. The second kappa shape index (κ2) is 5.58. The van der Waals surface area contributed by atoms with Crippen molar-refractivity contribution in [3.8, 4) is 5.75 Å². The van der Waals surface area contributed by atoms with E-state index in [0.717, 1.165) is 0 Å². The lowest BCUT2D eigenvalue weighted by Crippen LogP contribution is -2.17. The Bertz CT molecular complexity index is 414. The van der Waals surface area contributed by atoms with Crippen LogP contribution in [0.15, 0.2) is 24.3 Å². The molecule has 0 spiro atoms. The fourth-order valence-corrected chi connectivity index (χ4v) is 1.72. The van der Waals surface area contributed by atoms with Gasteiger partial charge in [-0.1, -0.05) is 12.1 Å². The molecule has 1 saturated heterocycles. The highest BCUT2D eigenvalue weighted by Crippen LogP contribution is 2.27. The predicted molar refractivity (Wildman–Crippen MR) is 59.3 cm³/mol. The fourth-order valence-electron chi connectivity index (χ4n) is 1.72. The molecule has 2 rings (SSSR count). The molecule has 0 aliphatic carbocycles. The number of nitrogens with one attached hydrogen (secondary N) is 1. The molecule has 1 heterocycles. The Labute approximate surface area is 104 Å². The fraction of sp³-hybridized carbons (Fsp3) is 0.500. The van der Waals surface area contributed by atoms with E-state index in [4.69, 9.17) is 6.11 Å². The molecule has 1 N–H and O–H groups in total. The third kappa shape index (κ3) is 3.89. The van der Waals surface area contributed by atoms with Gasteiger partial charge in [-0.3, -0.25) is 0 Å². The highest BCUT2D eigenvalue weighted by Gasteiger charge is 2.31. The van der Waals surface area contributed by atoms with Crippen molar-refractivity contribution in [1.29, 1.82) is 0 Å². The molecule has 0 bridgehead atoms. The van der Waals surface area contributed by atoms with Gasteiger partial charge >= 0.3 is 6.36 Å². The Morgan fingerprint density at radius 3 is 2.67 bits per heavy atom. The molecule has 0 radical (unpaired) electrons. The quantitative estimate of drug-likeness (QED) is 0.888. The van der Waals surface area contributed by atoms with Gasteiger partial charge in [0.15, 0.2) is 0 Å². The van der Waals surface area contributed by atoms with Crippen molar-refractivity contribution < 1.29 is 24.0 Å². The lowest BCUT2D eigenvalue weighted by Gasteiger charge is -2.15. The normalized spacial score (nSPS) is 26.3. The summed E-state index contributed by atoms with van der Waals surface area (Å²) in [7, 11) is 0. The van der Waals surface area contributed by atoms with Gasteiger partial charge in [-0.15, -0.1) is 13.2 Å². The van der Waals surface area contributed by atoms with Gasteiger partial charge in [0.1, 0.15) is 5.75 Å². The lowest BCUT2D eigenvalue weighted by molar-refractivity contribution is -0.274. The molecule has 100 valence electrons. The van der Waals surface area contributed by atoms with Crippen molar-refractivity contribution in [2.75, 3.05) is 19.7 Å². The minimum absolute atomic E-state index is 0.299. The SMILES string of the molecule is [2H][C@@]1(c2ccc(OC(F)(F)F)cc2)CCNCCO1. The smallest absolute Gasteiger partial charge is 0.406 e. The van der Waals surface area contributed by atoms with Crippen molar-refractivity contribution in [3.63, 3.8) is 0 Å². The summed E-state index contributed by atoms with van der Waals surface area (Å²) in [6, 6.07) is 5.25. The van der Waals surface area contributed by atoms with Crippen LogP contribution < -0.4 is 10.1 Å². The predicted octanol–water partition coefficient (Wildman–Crippen LogP) is 2.64.